The molecule has 5 heteroatoms. The highest BCUT2D eigenvalue weighted by atomic mass is 16.5. The van der Waals surface area contributed by atoms with Crippen molar-refractivity contribution in [3.63, 3.8) is 0 Å². The van der Waals surface area contributed by atoms with E-state index in [4.69, 9.17) is 14.2 Å². The van der Waals surface area contributed by atoms with Gasteiger partial charge < -0.3 is 19.5 Å². The van der Waals surface area contributed by atoms with E-state index in [2.05, 4.69) is 12.2 Å². The number of rotatable bonds is 10. The Balaban J connectivity index is 3.72. The second-order valence-electron chi connectivity index (χ2n) is 4.08. The quantitative estimate of drug-likeness (QED) is 0.460. The fraction of sp³-hybridized carbons (Fsp3) is 0.917. The Bertz CT molecular complexity index is 197. The number of carbonyl (C=O) groups is 1. The molecular formula is C12H25NO4. The van der Waals surface area contributed by atoms with Gasteiger partial charge in [-0.25, -0.2) is 0 Å². The summed E-state index contributed by atoms with van der Waals surface area (Å²) in [5.74, 6) is -0.298. The van der Waals surface area contributed by atoms with Crippen LogP contribution in [-0.2, 0) is 19.0 Å². The third-order valence-electron chi connectivity index (χ3n) is 2.03. The molecule has 0 aliphatic heterocycles. The first kappa shape index (κ1) is 16.4. The van der Waals surface area contributed by atoms with E-state index in [-0.39, 0.29) is 12.0 Å². The van der Waals surface area contributed by atoms with Gasteiger partial charge in [0.05, 0.1) is 26.9 Å². The molecule has 0 saturated carbocycles. The molecular weight excluding hydrogens is 222 g/mol. The minimum absolute atomic E-state index is 0.207. The van der Waals surface area contributed by atoms with Gasteiger partial charge in [0.2, 0.25) is 0 Å². The van der Waals surface area contributed by atoms with Gasteiger partial charge >= 0.3 is 5.97 Å². The lowest BCUT2D eigenvalue weighted by molar-refractivity contribution is -0.145. The Morgan fingerprint density at radius 2 is 1.82 bits per heavy atom. The van der Waals surface area contributed by atoms with E-state index >= 15 is 0 Å². The Morgan fingerprint density at radius 1 is 1.18 bits per heavy atom. The second kappa shape index (κ2) is 10.5. The maximum absolute atomic E-state index is 11.4. The highest BCUT2D eigenvalue weighted by molar-refractivity contribution is 5.75. The number of esters is 1. The summed E-state index contributed by atoms with van der Waals surface area (Å²) in [4.78, 5) is 11.4. The number of hydrogen-bond acceptors (Lipinski definition) is 5. The minimum Gasteiger partial charge on any atom is -0.468 e. The normalized spacial score (nSPS) is 12.8. The van der Waals surface area contributed by atoms with E-state index in [9.17, 15) is 4.79 Å². The maximum Gasteiger partial charge on any atom is 0.325 e. The van der Waals surface area contributed by atoms with Crippen LogP contribution in [0.15, 0.2) is 0 Å². The van der Waals surface area contributed by atoms with Crippen LogP contribution in [0.5, 0.6) is 0 Å². The van der Waals surface area contributed by atoms with Crippen molar-refractivity contribution in [2.24, 2.45) is 0 Å². The first-order chi connectivity index (χ1) is 8.11. The molecule has 0 aromatic rings. The lowest BCUT2D eigenvalue weighted by Gasteiger charge is -2.18. The smallest absolute Gasteiger partial charge is 0.325 e. The lowest BCUT2D eigenvalue weighted by atomic mass is 10.2. The summed E-state index contributed by atoms with van der Waals surface area (Å²) < 4.78 is 15.3. The van der Waals surface area contributed by atoms with E-state index in [0.717, 1.165) is 13.0 Å². The van der Waals surface area contributed by atoms with Gasteiger partial charge in [0.1, 0.15) is 6.04 Å². The summed E-state index contributed by atoms with van der Waals surface area (Å²) in [5, 5.41) is 3.09. The van der Waals surface area contributed by atoms with E-state index in [1.165, 1.54) is 7.11 Å². The SMILES string of the molecule is CCCOCCOCC(NC(C)C)C(=O)OC. The molecule has 0 aliphatic carbocycles. The van der Waals surface area contributed by atoms with E-state index in [0.29, 0.717) is 19.8 Å². The Hall–Kier alpha value is -0.650. The third kappa shape index (κ3) is 9.09. The van der Waals surface area contributed by atoms with E-state index in [1.807, 2.05) is 13.8 Å². The Labute approximate surface area is 104 Å². The summed E-state index contributed by atoms with van der Waals surface area (Å²) in [5.41, 5.74) is 0. The van der Waals surface area contributed by atoms with Crippen molar-refractivity contribution in [2.75, 3.05) is 33.5 Å². The Morgan fingerprint density at radius 3 is 2.35 bits per heavy atom. The zero-order chi connectivity index (χ0) is 13.1. The van der Waals surface area contributed by atoms with E-state index in [1.54, 1.807) is 0 Å². The van der Waals surface area contributed by atoms with Crippen LogP contribution in [0, 0.1) is 0 Å². The van der Waals surface area contributed by atoms with Gasteiger partial charge in [-0.3, -0.25) is 4.79 Å². The van der Waals surface area contributed by atoms with Gasteiger partial charge in [0, 0.05) is 12.6 Å². The summed E-state index contributed by atoms with van der Waals surface area (Å²) in [6, 6.07) is -0.204. The number of methoxy groups -OCH3 is 1. The zero-order valence-corrected chi connectivity index (χ0v) is 11.3. The molecule has 0 aromatic heterocycles. The standard InChI is InChI=1S/C12H25NO4/c1-5-6-16-7-8-17-9-11(12(14)15-4)13-10(2)3/h10-11,13H,5-9H2,1-4H3. The first-order valence-corrected chi connectivity index (χ1v) is 6.11. The van der Waals surface area contributed by atoms with Gasteiger partial charge in [-0.1, -0.05) is 20.8 Å². The fourth-order valence-corrected chi connectivity index (χ4v) is 1.29. The molecule has 0 amide bonds. The predicted molar refractivity (Wildman–Crippen MR) is 66.0 cm³/mol. The van der Waals surface area contributed by atoms with Gasteiger partial charge in [0.15, 0.2) is 0 Å². The molecule has 0 radical (unpaired) electrons. The molecule has 5 nitrogen and oxygen atoms in total. The summed E-state index contributed by atoms with van der Waals surface area (Å²) in [6.07, 6.45) is 1.000. The van der Waals surface area contributed by atoms with Crippen LogP contribution in [0.3, 0.4) is 0 Å². The Kier molecular flexibility index (Phi) is 10.1. The summed E-state index contributed by atoms with van der Waals surface area (Å²) >= 11 is 0. The largest absolute Gasteiger partial charge is 0.468 e. The number of hydrogen-bond donors (Lipinski definition) is 1. The number of ether oxygens (including phenoxy) is 3. The average Bonchev–Trinajstić information content (AvgIpc) is 2.30. The fourth-order valence-electron chi connectivity index (χ4n) is 1.29. The molecule has 0 aliphatic rings. The minimum atomic E-state index is -0.411. The van der Waals surface area contributed by atoms with Crippen molar-refractivity contribution in [3.05, 3.63) is 0 Å². The lowest BCUT2D eigenvalue weighted by Crippen LogP contribution is -2.44. The van der Waals surface area contributed by atoms with Gasteiger partial charge in [-0.05, 0) is 6.42 Å². The summed E-state index contributed by atoms with van der Waals surface area (Å²) in [6.45, 7) is 8.10. The molecule has 17 heavy (non-hydrogen) atoms. The predicted octanol–water partition coefficient (Wildman–Crippen LogP) is 0.969. The maximum atomic E-state index is 11.4. The van der Waals surface area contributed by atoms with Crippen molar-refractivity contribution in [1.82, 2.24) is 5.32 Å². The molecule has 0 aromatic carbocycles. The van der Waals surface area contributed by atoms with Crippen LogP contribution in [0.1, 0.15) is 27.2 Å². The van der Waals surface area contributed by atoms with Crippen LogP contribution < -0.4 is 5.32 Å². The topological polar surface area (TPSA) is 56.8 Å². The zero-order valence-electron chi connectivity index (χ0n) is 11.3. The van der Waals surface area contributed by atoms with Gasteiger partial charge in [-0.2, -0.15) is 0 Å². The summed E-state index contributed by atoms with van der Waals surface area (Å²) in [7, 11) is 1.38. The molecule has 102 valence electrons. The van der Waals surface area contributed by atoms with Crippen molar-refractivity contribution in [3.8, 4) is 0 Å². The van der Waals surface area contributed by atoms with Crippen molar-refractivity contribution >= 4 is 5.97 Å². The molecule has 0 saturated heterocycles. The number of nitrogens with one attached hydrogen (secondary N) is 1. The average molecular weight is 247 g/mol. The molecule has 1 atom stereocenters. The van der Waals surface area contributed by atoms with Crippen LogP contribution >= 0.6 is 0 Å². The molecule has 0 rings (SSSR count). The van der Waals surface area contributed by atoms with Crippen LogP contribution in [0.25, 0.3) is 0 Å². The molecule has 0 spiro atoms. The molecule has 0 fully saturated rings. The molecule has 1 N–H and O–H groups in total. The highest BCUT2D eigenvalue weighted by Crippen LogP contribution is 1.93. The monoisotopic (exact) mass is 247 g/mol. The molecule has 0 heterocycles. The number of carbonyl (C=O) groups excluding carboxylic acids is 1. The van der Waals surface area contributed by atoms with E-state index < -0.39 is 6.04 Å². The van der Waals surface area contributed by atoms with Crippen molar-refractivity contribution < 1.29 is 19.0 Å². The second-order valence-corrected chi connectivity index (χ2v) is 4.08. The van der Waals surface area contributed by atoms with Crippen LogP contribution in [-0.4, -0.2) is 51.6 Å². The molecule has 0 bridgehead atoms. The van der Waals surface area contributed by atoms with Gasteiger partial charge in [-0.15, -0.1) is 0 Å². The van der Waals surface area contributed by atoms with Crippen LogP contribution in [0.4, 0.5) is 0 Å². The highest BCUT2D eigenvalue weighted by Gasteiger charge is 2.19. The van der Waals surface area contributed by atoms with Gasteiger partial charge in [0.25, 0.3) is 0 Å². The molecule has 1 unspecified atom stereocenters. The van der Waals surface area contributed by atoms with Crippen molar-refractivity contribution in [2.45, 2.75) is 39.3 Å². The third-order valence-corrected chi connectivity index (χ3v) is 2.03. The first-order valence-electron chi connectivity index (χ1n) is 6.11. The van der Waals surface area contributed by atoms with Crippen LogP contribution in [0.2, 0.25) is 0 Å². The van der Waals surface area contributed by atoms with Crippen molar-refractivity contribution in [1.29, 1.82) is 0 Å².